The molecule has 3 rings (SSSR count). The number of benzene rings is 2. The molecule has 1 aliphatic heterocycles. The van der Waals surface area contributed by atoms with Crippen molar-refractivity contribution in [2.45, 2.75) is 26.3 Å². The van der Waals surface area contributed by atoms with Gasteiger partial charge in [-0.25, -0.2) is 4.90 Å². The van der Waals surface area contributed by atoms with Gasteiger partial charge in [0.05, 0.1) is 12.1 Å². The number of imide groups is 1. The van der Waals surface area contributed by atoms with Gasteiger partial charge in [0.2, 0.25) is 5.91 Å². The van der Waals surface area contributed by atoms with Crippen LogP contribution in [0.3, 0.4) is 0 Å². The predicted octanol–water partition coefficient (Wildman–Crippen LogP) is 3.81. The smallest absolute Gasteiger partial charge is 0.256 e. The van der Waals surface area contributed by atoms with E-state index in [9.17, 15) is 9.59 Å². The maximum atomic E-state index is 12.7. The van der Waals surface area contributed by atoms with Crippen molar-refractivity contribution in [3.63, 3.8) is 0 Å². The fourth-order valence-electron chi connectivity index (χ4n) is 2.73. The molecule has 2 aromatic carbocycles. The Morgan fingerprint density at radius 2 is 1.83 bits per heavy atom. The number of nitrogens with zero attached hydrogens (tertiary/aromatic N) is 1. The molecule has 5 heteroatoms. The molecule has 0 saturated carbocycles. The highest BCUT2D eigenvalue weighted by molar-refractivity contribution is 9.10. The van der Waals surface area contributed by atoms with Crippen LogP contribution in [0.5, 0.6) is 0 Å². The van der Waals surface area contributed by atoms with E-state index >= 15 is 0 Å². The third kappa shape index (κ3) is 2.88. The molecule has 1 fully saturated rings. The molecule has 2 amide bonds. The molecule has 1 aliphatic rings. The molecule has 1 N–H and O–H groups in total. The first-order valence-corrected chi connectivity index (χ1v) is 8.22. The Labute approximate surface area is 143 Å². The summed E-state index contributed by atoms with van der Waals surface area (Å²) in [6.07, 6.45) is 0.160. The van der Waals surface area contributed by atoms with Crippen molar-refractivity contribution in [2.24, 2.45) is 0 Å². The van der Waals surface area contributed by atoms with Gasteiger partial charge in [-0.05, 0) is 59.1 Å². The highest BCUT2D eigenvalue weighted by Gasteiger charge is 2.40. The van der Waals surface area contributed by atoms with E-state index < -0.39 is 6.04 Å². The minimum Gasteiger partial charge on any atom is -0.373 e. The Balaban J connectivity index is 1.87. The third-order valence-corrected chi connectivity index (χ3v) is 4.84. The van der Waals surface area contributed by atoms with Gasteiger partial charge in [0, 0.05) is 10.2 Å². The Hall–Kier alpha value is -2.14. The summed E-state index contributed by atoms with van der Waals surface area (Å²) < 4.78 is 0.731. The first kappa shape index (κ1) is 15.7. The van der Waals surface area contributed by atoms with Gasteiger partial charge in [-0.3, -0.25) is 9.59 Å². The van der Waals surface area contributed by atoms with Crippen molar-refractivity contribution in [2.75, 3.05) is 10.2 Å². The van der Waals surface area contributed by atoms with Crippen LogP contribution in [-0.2, 0) is 9.59 Å². The molecule has 118 valence electrons. The number of halogens is 1. The molecule has 0 aliphatic carbocycles. The van der Waals surface area contributed by atoms with Gasteiger partial charge in [0.1, 0.15) is 6.04 Å². The fraction of sp³-hybridized carbons (Fsp3) is 0.222. The number of carbonyl (C=O) groups is 2. The van der Waals surface area contributed by atoms with Crippen LogP contribution in [0.4, 0.5) is 11.4 Å². The van der Waals surface area contributed by atoms with Crippen molar-refractivity contribution >= 4 is 39.1 Å². The lowest BCUT2D eigenvalue weighted by molar-refractivity contribution is -0.121. The van der Waals surface area contributed by atoms with Crippen LogP contribution in [0, 0.1) is 13.8 Å². The molecule has 2 aromatic rings. The molecule has 0 spiro atoms. The molecule has 0 radical (unpaired) electrons. The number of amides is 2. The minimum absolute atomic E-state index is 0.160. The number of hydrogen-bond donors (Lipinski definition) is 1. The molecule has 0 aromatic heterocycles. The quantitative estimate of drug-likeness (QED) is 0.833. The zero-order valence-electron chi connectivity index (χ0n) is 13.0. The summed E-state index contributed by atoms with van der Waals surface area (Å²) >= 11 is 3.40. The van der Waals surface area contributed by atoms with Crippen molar-refractivity contribution in [1.82, 2.24) is 0 Å². The van der Waals surface area contributed by atoms with Gasteiger partial charge >= 0.3 is 0 Å². The van der Waals surface area contributed by atoms with Crippen LogP contribution in [0.15, 0.2) is 46.9 Å². The second kappa shape index (κ2) is 6.16. The van der Waals surface area contributed by atoms with Crippen LogP contribution in [0.2, 0.25) is 0 Å². The number of anilines is 2. The van der Waals surface area contributed by atoms with Crippen molar-refractivity contribution in [3.05, 3.63) is 58.1 Å². The standard InChI is InChI=1S/C18H17BrN2O2/c1-11-6-5-8-14(12(11)2)20-15-10-17(22)21(18(15)23)16-9-4-3-7-13(16)19/h3-9,15,20H,10H2,1-2H3/t15-/m1/s1. The summed E-state index contributed by atoms with van der Waals surface area (Å²) in [6.45, 7) is 4.03. The molecule has 23 heavy (non-hydrogen) atoms. The van der Waals surface area contributed by atoms with E-state index in [0.29, 0.717) is 5.69 Å². The van der Waals surface area contributed by atoms with E-state index in [-0.39, 0.29) is 18.2 Å². The first-order chi connectivity index (χ1) is 11.0. The maximum Gasteiger partial charge on any atom is 0.256 e. The number of rotatable bonds is 3. The van der Waals surface area contributed by atoms with Crippen LogP contribution < -0.4 is 10.2 Å². The van der Waals surface area contributed by atoms with E-state index in [1.54, 1.807) is 6.07 Å². The number of carbonyl (C=O) groups excluding carboxylic acids is 2. The highest BCUT2D eigenvalue weighted by atomic mass is 79.9. The summed E-state index contributed by atoms with van der Waals surface area (Å²) in [5.41, 5.74) is 3.72. The number of para-hydroxylation sites is 1. The van der Waals surface area contributed by atoms with Crippen LogP contribution in [0.25, 0.3) is 0 Å². The molecule has 1 atom stereocenters. The highest BCUT2D eigenvalue weighted by Crippen LogP contribution is 2.31. The minimum atomic E-state index is -0.532. The lowest BCUT2D eigenvalue weighted by Gasteiger charge is -2.18. The van der Waals surface area contributed by atoms with Gasteiger partial charge in [-0.2, -0.15) is 0 Å². The summed E-state index contributed by atoms with van der Waals surface area (Å²) in [4.78, 5) is 26.3. The average molecular weight is 373 g/mol. The van der Waals surface area contributed by atoms with Gasteiger partial charge in [-0.15, -0.1) is 0 Å². The third-order valence-electron chi connectivity index (χ3n) is 4.17. The lowest BCUT2D eigenvalue weighted by Crippen LogP contribution is -2.35. The largest absolute Gasteiger partial charge is 0.373 e. The Bertz CT molecular complexity index is 788. The summed E-state index contributed by atoms with van der Waals surface area (Å²) in [7, 11) is 0. The van der Waals surface area contributed by atoms with Gasteiger partial charge in [-0.1, -0.05) is 24.3 Å². The molecular weight excluding hydrogens is 356 g/mol. The number of aryl methyl sites for hydroxylation is 1. The molecule has 1 heterocycles. The Kier molecular flexibility index (Phi) is 4.22. The number of nitrogens with one attached hydrogen (secondary N) is 1. The molecule has 0 unspecified atom stereocenters. The van der Waals surface area contributed by atoms with Gasteiger partial charge in [0.25, 0.3) is 5.91 Å². The van der Waals surface area contributed by atoms with Crippen molar-refractivity contribution in [1.29, 1.82) is 0 Å². The van der Waals surface area contributed by atoms with Crippen LogP contribution in [0.1, 0.15) is 17.5 Å². The zero-order valence-corrected chi connectivity index (χ0v) is 14.6. The monoisotopic (exact) mass is 372 g/mol. The molecule has 1 saturated heterocycles. The van der Waals surface area contributed by atoms with Crippen LogP contribution >= 0.6 is 15.9 Å². The zero-order chi connectivity index (χ0) is 16.6. The fourth-order valence-corrected chi connectivity index (χ4v) is 3.19. The van der Waals surface area contributed by atoms with E-state index in [0.717, 1.165) is 21.3 Å². The topological polar surface area (TPSA) is 49.4 Å². The van der Waals surface area contributed by atoms with Gasteiger partial charge in [0.15, 0.2) is 0 Å². The molecule has 0 bridgehead atoms. The Morgan fingerprint density at radius 3 is 2.57 bits per heavy atom. The lowest BCUT2D eigenvalue weighted by atomic mass is 10.1. The Morgan fingerprint density at radius 1 is 1.09 bits per heavy atom. The summed E-state index contributed by atoms with van der Waals surface area (Å²) in [5, 5.41) is 3.22. The second-order valence-corrected chi connectivity index (χ2v) is 6.52. The molecule has 4 nitrogen and oxygen atoms in total. The van der Waals surface area contributed by atoms with E-state index in [1.165, 1.54) is 4.90 Å². The van der Waals surface area contributed by atoms with E-state index in [2.05, 4.69) is 21.2 Å². The summed E-state index contributed by atoms with van der Waals surface area (Å²) in [6, 6.07) is 12.6. The van der Waals surface area contributed by atoms with Gasteiger partial charge < -0.3 is 5.32 Å². The van der Waals surface area contributed by atoms with Crippen molar-refractivity contribution < 1.29 is 9.59 Å². The van der Waals surface area contributed by atoms with Crippen molar-refractivity contribution in [3.8, 4) is 0 Å². The summed E-state index contributed by atoms with van der Waals surface area (Å²) in [5.74, 6) is -0.410. The van der Waals surface area contributed by atoms with Crippen LogP contribution in [-0.4, -0.2) is 17.9 Å². The average Bonchev–Trinajstić information content (AvgIpc) is 2.79. The number of hydrogen-bond acceptors (Lipinski definition) is 3. The van der Waals surface area contributed by atoms with E-state index in [1.807, 2.05) is 50.2 Å². The first-order valence-electron chi connectivity index (χ1n) is 7.43. The SMILES string of the molecule is Cc1cccc(N[C@@H]2CC(=O)N(c3ccccc3Br)C2=O)c1C. The van der Waals surface area contributed by atoms with E-state index in [4.69, 9.17) is 0 Å². The normalized spacial score (nSPS) is 17.7. The second-order valence-electron chi connectivity index (χ2n) is 5.67. The molecular formula is C18H17BrN2O2. The predicted molar refractivity (Wildman–Crippen MR) is 94.6 cm³/mol. The maximum absolute atomic E-state index is 12.7.